The van der Waals surface area contributed by atoms with Crippen molar-refractivity contribution in [1.29, 1.82) is 0 Å². The fourth-order valence-electron chi connectivity index (χ4n) is 2.71. The van der Waals surface area contributed by atoms with Gasteiger partial charge >= 0.3 is 5.97 Å². The van der Waals surface area contributed by atoms with Gasteiger partial charge in [0.15, 0.2) is 0 Å². The molecule has 1 saturated heterocycles. The highest BCUT2D eigenvalue weighted by Gasteiger charge is 2.26. The van der Waals surface area contributed by atoms with Crippen molar-refractivity contribution in [2.75, 3.05) is 13.2 Å². The number of esters is 1. The number of carbonyl (C=O) groups is 3. The lowest BCUT2D eigenvalue weighted by Gasteiger charge is -2.17. The first-order valence-electron chi connectivity index (χ1n) is 8.74. The first-order chi connectivity index (χ1) is 12.6. The second-order valence-electron chi connectivity index (χ2n) is 5.98. The third-order valence-corrected chi connectivity index (χ3v) is 4.01. The molecule has 0 unspecified atom stereocenters. The maximum Gasteiger partial charge on any atom is 0.330 e. The minimum Gasteiger partial charge on any atom is -0.463 e. The highest BCUT2D eigenvalue weighted by molar-refractivity contribution is 5.92. The van der Waals surface area contributed by atoms with Crippen LogP contribution in [0.25, 0.3) is 6.08 Å². The summed E-state index contributed by atoms with van der Waals surface area (Å²) in [4.78, 5) is 35.5. The molecule has 1 aliphatic rings. The van der Waals surface area contributed by atoms with Crippen LogP contribution < -0.4 is 10.6 Å². The SMILES string of the molecule is CCOC(=O)/C=C/[C@H](C[C@@H]1CCNC1=O)NC(=O)/C=C/c1ccccc1. The number of hydrogen-bond donors (Lipinski definition) is 2. The predicted molar refractivity (Wildman–Crippen MR) is 98.9 cm³/mol. The zero-order valence-corrected chi connectivity index (χ0v) is 14.8. The topological polar surface area (TPSA) is 84.5 Å². The average Bonchev–Trinajstić information content (AvgIpc) is 3.04. The van der Waals surface area contributed by atoms with Crippen molar-refractivity contribution in [2.24, 2.45) is 5.92 Å². The Hall–Kier alpha value is -2.89. The molecule has 0 spiro atoms. The van der Waals surface area contributed by atoms with Gasteiger partial charge in [-0.1, -0.05) is 36.4 Å². The lowest BCUT2D eigenvalue weighted by atomic mass is 9.98. The zero-order chi connectivity index (χ0) is 18.8. The van der Waals surface area contributed by atoms with Gasteiger partial charge in [-0.3, -0.25) is 9.59 Å². The molecule has 1 aromatic carbocycles. The molecule has 2 N–H and O–H groups in total. The van der Waals surface area contributed by atoms with Gasteiger partial charge in [-0.25, -0.2) is 4.79 Å². The maximum atomic E-state index is 12.2. The van der Waals surface area contributed by atoms with Crippen LogP contribution in [0.5, 0.6) is 0 Å². The van der Waals surface area contributed by atoms with Crippen LogP contribution in [-0.2, 0) is 19.1 Å². The Bertz CT molecular complexity index is 682. The minimum absolute atomic E-state index is 0.0198. The molecule has 6 nitrogen and oxygen atoms in total. The lowest BCUT2D eigenvalue weighted by Crippen LogP contribution is -2.35. The predicted octanol–water partition coefficient (Wildman–Crippen LogP) is 1.83. The van der Waals surface area contributed by atoms with Crippen molar-refractivity contribution in [2.45, 2.75) is 25.8 Å². The molecular weight excluding hydrogens is 332 g/mol. The highest BCUT2D eigenvalue weighted by Crippen LogP contribution is 2.17. The van der Waals surface area contributed by atoms with E-state index in [1.807, 2.05) is 30.3 Å². The number of rotatable bonds is 8. The summed E-state index contributed by atoms with van der Waals surface area (Å²) in [6.07, 6.45) is 7.18. The van der Waals surface area contributed by atoms with Crippen LogP contribution in [0.4, 0.5) is 0 Å². The number of amides is 2. The van der Waals surface area contributed by atoms with E-state index < -0.39 is 12.0 Å². The molecule has 2 amide bonds. The molecule has 2 rings (SSSR count). The van der Waals surface area contributed by atoms with Crippen LogP contribution in [0, 0.1) is 5.92 Å². The number of carbonyl (C=O) groups excluding carboxylic acids is 3. The van der Waals surface area contributed by atoms with Gasteiger partial charge in [-0.15, -0.1) is 0 Å². The Labute approximate surface area is 153 Å². The second-order valence-corrected chi connectivity index (χ2v) is 5.98. The van der Waals surface area contributed by atoms with E-state index in [0.29, 0.717) is 13.0 Å². The molecule has 6 heteroatoms. The van der Waals surface area contributed by atoms with E-state index >= 15 is 0 Å². The lowest BCUT2D eigenvalue weighted by molar-refractivity contribution is -0.137. The molecule has 1 heterocycles. The van der Waals surface area contributed by atoms with E-state index in [1.165, 1.54) is 12.2 Å². The molecule has 0 bridgehead atoms. The van der Waals surface area contributed by atoms with Crippen molar-refractivity contribution in [1.82, 2.24) is 10.6 Å². The van der Waals surface area contributed by atoms with E-state index in [-0.39, 0.29) is 24.3 Å². The molecule has 2 atom stereocenters. The normalized spacial score (nSPS) is 18.0. The Morgan fingerprint density at radius 1 is 1.31 bits per heavy atom. The van der Waals surface area contributed by atoms with Crippen LogP contribution >= 0.6 is 0 Å². The highest BCUT2D eigenvalue weighted by atomic mass is 16.5. The summed E-state index contributed by atoms with van der Waals surface area (Å²) in [7, 11) is 0. The van der Waals surface area contributed by atoms with Gasteiger partial charge in [0, 0.05) is 30.7 Å². The molecule has 0 radical (unpaired) electrons. The monoisotopic (exact) mass is 356 g/mol. The Morgan fingerprint density at radius 2 is 2.08 bits per heavy atom. The zero-order valence-electron chi connectivity index (χ0n) is 14.8. The minimum atomic E-state index is -0.470. The summed E-state index contributed by atoms with van der Waals surface area (Å²) < 4.78 is 4.86. The van der Waals surface area contributed by atoms with E-state index in [9.17, 15) is 14.4 Å². The molecule has 1 aliphatic heterocycles. The number of hydrogen-bond acceptors (Lipinski definition) is 4. The molecule has 138 valence electrons. The van der Waals surface area contributed by atoms with Crippen LogP contribution in [0.15, 0.2) is 48.6 Å². The smallest absolute Gasteiger partial charge is 0.330 e. The Kier molecular flexibility index (Phi) is 7.61. The van der Waals surface area contributed by atoms with Crippen LogP contribution in [-0.4, -0.2) is 37.0 Å². The van der Waals surface area contributed by atoms with Crippen molar-refractivity contribution in [3.63, 3.8) is 0 Å². The molecule has 26 heavy (non-hydrogen) atoms. The third kappa shape index (κ3) is 6.55. The first-order valence-corrected chi connectivity index (χ1v) is 8.74. The van der Waals surface area contributed by atoms with E-state index in [4.69, 9.17) is 4.74 Å². The van der Waals surface area contributed by atoms with Crippen LogP contribution in [0.1, 0.15) is 25.3 Å². The fraction of sp³-hybridized carbons (Fsp3) is 0.350. The van der Waals surface area contributed by atoms with Crippen molar-refractivity contribution in [3.05, 3.63) is 54.1 Å². The summed E-state index contributed by atoms with van der Waals surface area (Å²) >= 11 is 0. The second kappa shape index (κ2) is 10.2. The summed E-state index contributed by atoms with van der Waals surface area (Å²) in [5.41, 5.74) is 0.913. The largest absolute Gasteiger partial charge is 0.463 e. The summed E-state index contributed by atoms with van der Waals surface area (Å²) in [5, 5.41) is 5.61. The average molecular weight is 356 g/mol. The number of ether oxygens (including phenoxy) is 1. The molecule has 1 aromatic rings. The van der Waals surface area contributed by atoms with Crippen LogP contribution in [0.3, 0.4) is 0 Å². The molecule has 0 aliphatic carbocycles. The number of nitrogens with one attached hydrogen (secondary N) is 2. The van der Waals surface area contributed by atoms with Crippen molar-refractivity contribution < 1.29 is 19.1 Å². The van der Waals surface area contributed by atoms with Gasteiger partial charge in [0.25, 0.3) is 0 Å². The van der Waals surface area contributed by atoms with Gasteiger partial charge in [0.05, 0.1) is 6.61 Å². The van der Waals surface area contributed by atoms with E-state index in [0.717, 1.165) is 12.0 Å². The van der Waals surface area contributed by atoms with Gasteiger partial charge in [-0.05, 0) is 31.4 Å². The van der Waals surface area contributed by atoms with Gasteiger partial charge in [0.1, 0.15) is 0 Å². The van der Waals surface area contributed by atoms with E-state index in [1.54, 1.807) is 19.1 Å². The molecule has 1 fully saturated rings. The standard InChI is InChI=1S/C20H24N2O4/c1-2-26-19(24)11-9-17(14-16-12-13-21-20(16)25)22-18(23)10-8-15-6-4-3-5-7-15/h3-11,16-17H,2,12-14H2,1H3,(H,21,25)(H,22,23)/b10-8+,11-9+/t16-,17+/m0/s1. The van der Waals surface area contributed by atoms with Gasteiger partial charge in [-0.2, -0.15) is 0 Å². The van der Waals surface area contributed by atoms with Crippen molar-refractivity contribution in [3.8, 4) is 0 Å². The Balaban J connectivity index is 1.99. The summed E-state index contributed by atoms with van der Waals surface area (Å²) in [6.45, 7) is 2.65. The fourth-order valence-corrected chi connectivity index (χ4v) is 2.71. The van der Waals surface area contributed by atoms with Crippen LogP contribution in [0.2, 0.25) is 0 Å². The summed E-state index contributed by atoms with van der Waals surface area (Å²) in [5.74, 6) is -0.952. The molecular formula is C20H24N2O4. The third-order valence-electron chi connectivity index (χ3n) is 4.01. The number of benzene rings is 1. The summed E-state index contributed by atoms with van der Waals surface area (Å²) in [6, 6.07) is 9.04. The van der Waals surface area contributed by atoms with Crippen molar-refractivity contribution >= 4 is 23.9 Å². The molecule has 0 aromatic heterocycles. The molecule has 0 saturated carbocycles. The maximum absolute atomic E-state index is 12.2. The first kappa shape index (κ1) is 19.4. The quantitative estimate of drug-likeness (QED) is 0.550. The Morgan fingerprint density at radius 3 is 2.73 bits per heavy atom. The van der Waals surface area contributed by atoms with Gasteiger partial charge in [0.2, 0.25) is 11.8 Å². The van der Waals surface area contributed by atoms with E-state index in [2.05, 4.69) is 10.6 Å². The van der Waals surface area contributed by atoms with Gasteiger partial charge < -0.3 is 15.4 Å².